The number of halogens is 1. The average molecular weight is 828 g/mol. The first-order valence-corrected chi connectivity index (χ1v) is 20.7. The second-order valence-electron chi connectivity index (χ2n) is 14.5. The summed E-state index contributed by atoms with van der Waals surface area (Å²) in [6.45, 7) is 4.42. The Balaban J connectivity index is 1.68. The molecule has 1 aliphatic heterocycles. The Bertz CT molecular complexity index is 1690. The van der Waals surface area contributed by atoms with Crippen molar-refractivity contribution >= 4 is 29.5 Å². The zero-order valence-corrected chi connectivity index (χ0v) is 34.0. The normalized spacial score (nSPS) is 23.8. The first-order chi connectivity index (χ1) is 28.3. The molecule has 0 radical (unpaired) electrons. The molecule has 0 saturated heterocycles. The predicted octanol–water partition coefficient (Wildman–Crippen LogP) is 5.92. The molecular weight excluding hydrogens is 770 g/mol. The molecule has 2 aromatic carbocycles. The van der Waals surface area contributed by atoms with Crippen molar-refractivity contribution in [1.82, 2.24) is 10.2 Å². The molecule has 5 rings (SSSR count). The molecule has 14 nitrogen and oxygen atoms in total. The zero-order valence-electron chi connectivity index (χ0n) is 33.3. The summed E-state index contributed by atoms with van der Waals surface area (Å²) < 4.78 is 31.2. The quantitative estimate of drug-likeness (QED) is 0.0452. The van der Waals surface area contributed by atoms with Gasteiger partial charge in [-0.25, -0.2) is 9.59 Å². The number of benzene rings is 2. The van der Waals surface area contributed by atoms with Gasteiger partial charge in [0.15, 0.2) is 0 Å². The Morgan fingerprint density at radius 2 is 1.81 bits per heavy atom. The third-order valence-corrected chi connectivity index (χ3v) is 11.1. The molecule has 2 aromatic rings. The van der Waals surface area contributed by atoms with Crippen LogP contribution in [0.5, 0.6) is 11.5 Å². The Hall–Kier alpha value is -4.18. The minimum atomic E-state index is -1.53. The number of fused-ring (bicyclic) bond motifs is 2. The van der Waals surface area contributed by atoms with Crippen molar-refractivity contribution in [3.05, 3.63) is 84.0 Å². The number of carbonyl (C=O) groups is 2. The lowest BCUT2D eigenvalue weighted by Gasteiger charge is -2.59. The summed E-state index contributed by atoms with van der Waals surface area (Å²) in [6, 6.07) is 14.0. The molecular formula is C43H58ClN3O11. The third kappa shape index (κ3) is 10.9. The number of nitrogens with zero attached hydrogens (tertiary/aromatic N) is 2. The fourth-order valence-electron chi connectivity index (χ4n) is 8.65. The molecule has 6 unspecified atom stereocenters. The minimum absolute atomic E-state index is 0.0126. The Morgan fingerprint density at radius 1 is 1.03 bits per heavy atom. The van der Waals surface area contributed by atoms with E-state index in [0.717, 1.165) is 42.4 Å². The highest BCUT2D eigenvalue weighted by molar-refractivity contribution is 6.18. The van der Waals surface area contributed by atoms with E-state index >= 15 is 0 Å². The van der Waals surface area contributed by atoms with Gasteiger partial charge in [0.05, 0.1) is 43.9 Å². The number of hydrogen-bond donors (Lipinski definition) is 4. The number of amides is 2. The molecule has 0 spiro atoms. The molecule has 1 saturated carbocycles. The van der Waals surface area contributed by atoms with E-state index in [-0.39, 0.29) is 89.4 Å². The number of unbranched alkanes of at least 4 members (excludes halogenated alkanes) is 2. The highest BCUT2D eigenvalue weighted by Crippen LogP contribution is 2.62. The van der Waals surface area contributed by atoms with Gasteiger partial charge in [0, 0.05) is 44.2 Å². The van der Waals surface area contributed by atoms with E-state index in [1.807, 2.05) is 36.4 Å². The second kappa shape index (κ2) is 22.8. The lowest BCUT2D eigenvalue weighted by atomic mass is 9.55. The number of aliphatic hydroxyl groups excluding tert-OH is 3. The van der Waals surface area contributed by atoms with Crippen molar-refractivity contribution in [2.45, 2.75) is 69.2 Å². The number of ether oxygens (including phenoxy) is 5. The van der Waals surface area contributed by atoms with Crippen molar-refractivity contribution in [1.29, 1.82) is 0 Å². The van der Waals surface area contributed by atoms with Crippen LogP contribution in [0.2, 0.25) is 0 Å². The molecule has 0 bridgehead atoms. The Kier molecular flexibility index (Phi) is 17.7. The van der Waals surface area contributed by atoms with Crippen LogP contribution in [-0.2, 0) is 25.6 Å². The van der Waals surface area contributed by atoms with Crippen molar-refractivity contribution in [3.63, 3.8) is 0 Å². The van der Waals surface area contributed by atoms with Crippen LogP contribution in [0.1, 0.15) is 62.0 Å². The summed E-state index contributed by atoms with van der Waals surface area (Å²) in [5.74, 6) is -1.57. The average Bonchev–Trinajstić information content (AvgIpc) is 3.23. The molecule has 2 amide bonds. The standard InChI is InChI=1S/C43H58ClN3O11/c1-3-22-56-43-38(47(18-24-54-25-21-50)42(52)55-23-17-44)28-36(46-53-2)34-26-31(13-7-9-19-48)33(14-8-10-20-49)39(40(34)43)35-27-32(15-16-37(35)58-43)57-41(51)45-29-30-11-5-4-6-12-30/h3-6,11-12,15-16,26-27,31,33,38-40,48-50H,1,7-10,13-14,17-25,28-29H2,2H3,(H,45,51). The van der Waals surface area contributed by atoms with Gasteiger partial charge in [-0.1, -0.05) is 60.5 Å². The van der Waals surface area contributed by atoms with Gasteiger partial charge in [-0.2, -0.15) is 0 Å². The van der Waals surface area contributed by atoms with Gasteiger partial charge in [-0.05, 0) is 66.9 Å². The second-order valence-corrected chi connectivity index (χ2v) is 14.9. The molecule has 0 aromatic heterocycles. The smallest absolute Gasteiger partial charge is 0.412 e. The van der Waals surface area contributed by atoms with E-state index in [4.69, 9.17) is 40.1 Å². The van der Waals surface area contributed by atoms with Crippen LogP contribution in [0, 0.1) is 17.8 Å². The van der Waals surface area contributed by atoms with Crippen molar-refractivity contribution < 1.29 is 53.4 Å². The summed E-state index contributed by atoms with van der Waals surface area (Å²) in [4.78, 5) is 34.2. The highest BCUT2D eigenvalue weighted by atomic mass is 35.5. The number of nitrogens with one attached hydrogen (secondary N) is 1. The van der Waals surface area contributed by atoms with Gasteiger partial charge in [0.25, 0.3) is 0 Å². The number of hydrogen-bond acceptors (Lipinski definition) is 12. The molecule has 6 atom stereocenters. The Morgan fingerprint density at radius 3 is 2.52 bits per heavy atom. The van der Waals surface area contributed by atoms with Crippen LogP contribution >= 0.6 is 11.6 Å². The minimum Gasteiger partial charge on any atom is -0.459 e. The number of allylic oxidation sites excluding steroid dienone is 1. The topological polar surface area (TPSA) is 178 Å². The van der Waals surface area contributed by atoms with Crippen LogP contribution in [0.4, 0.5) is 9.59 Å². The van der Waals surface area contributed by atoms with E-state index in [1.54, 1.807) is 18.2 Å². The summed E-state index contributed by atoms with van der Waals surface area (Å²) in [5.41, 5.74) is 3.17. The summed E-state index contributed by atoms with van der Waals surface area (Å²) in [5, 5.41) is 36.5. The van der Waals surface area contributed by atoms with Crippen LogP contribution in [0.3, 0.4) is 0 Å². The molecule has 1 fully saturated rings. The van der Waals surface area contributed by atoms with E-state index in [2.05, 4.69) is 23.1 Å². The van der Waals surface area contributed by atoms with Crippen LogP contribution in [0.15, 0.2) is 78.0 Å². The van der Waals surface area contributed by atoms with E-state index in [1.165, 1.54) is 12.0 Å². The molecule has 4 N–H and O–H groups in total. The van der Waals surface area contributed by atoms with Crippen LogP contribution in [0.25, 0.3) is 0 Å². The third-order valence-electron chi connectivity index (χ3n) is 11.0. The van der Waals surface area contributed by atoms with Crippen LogP contribution < -0.4 is 14.8 Å². The zero-order chi connectivity index (χ0) is 41.3. The van der Waals surface area contributed by atoms with E-state index < -0.39 is 29.9 Å². The summed E-state index contributed by atoms with van der Waals surface area (Å²) in [6.07, 6.45) is 7.01. The van der Waals surface area contributed by atoms with Gasteiger partial charge in [-0.15, -0.1) is 18.2 Å². The van der Waals surface area contributed by atoms with Gasteiger partial charge in [-0.3, -0.25) is 4.90 Å². The molecule has 318 valence electrons. The monoisotopic (exact) mass is 827 g/mol. The maximum atomic E-state index is 14.1. The molecule has 58 heavy (non-hydrogen) atoms. The lowest BCUT2D eigenvalue weighted by molar-refractivity contribution is -0.256. The lowest BCUT2D eigenvalue weighted by Crippen LogP contribution is -2.70. The number of aliphatic hydroxyl groups is 3. The fraction of sp³-hybridized carbons (Fsp3) is 0.558. The SMILES string of the molecule is C=CCOC12Oc3ccc(OC(=O)NCc4ccccc4)cc3C3C(CCCCO)C(CCCCO)C=C(C(=NOC)CC1N(CCOCCO)C(=O)OCCCl)C32. The van der Waals surface area contributed by atoms with Gasteiger partial charge in [0.2, 0.25) is 5.79 Å². The number of carbonyl (C=O) groups excluding carboxylic acids is 2. The van der Waals surface area contributed by atoms with Gasteiger partial charge in [0.1, 0.15) is 31.3 Å². The van der Waals surface area contributed by atoms with E-state index in [9.17, 15) is 24.9 Å². The van der Waals surface area contributed by atoms with Crippen molar-refractivity contribution in [2.24, 2.45) is 22.9 Å². The maximum Gasteiger partial charge on any atom is 0.412 e. The van der Waals surface area contributed by atoms with E-state index in [0.29, 0.717) is 30.1 Å². The number of rotatable bonds is 23. The largest absolute Gasteiger partial charge is 0.459 e. The summed E-state index contributed by atoms with van der Waals surface area (Å²) >= 11 is 5.97. The fourth-order valence-corrected chi connectivity index (χ4v) is 8.73. The van der Waals surface area contributed by atoms with Crippen LogP contribution in [-0.4, -0.2) is 116 Å². The molecule has 2 aliphatic carbocycles. The summed E-state index contributed by atoms with van der Waals surface area (Å²) in [7, 11) is 1.48. The molecule has 1 heterocycles. The maximum absolute atomic E-state index is 14.1. The predicted molar refractivity (Wildman–Crippen MR) is 218 cm³/mol. The first kappa shape index (κ1) is 44.9. The molecule has 3 aliphatic rings. The number of alkyl halides is 1. The van der Waals surface area contributed by atoms with Crippen molar-refractivity contribution in [3.8, 4) is 11.5 Å². The highest BCUT2D eigenvalue weighted by Gasteiger charge is 2.65. The first-order valence-electron chi connectivity index (χ1n) is 20.1. The van der Waals surface area contributed by atoms with Crippen molar-refractivity contribution in [2.75, 3.05) is 65.8 Å². The van der Waals surface area contributed by atoms with Gasteiger partial charge >= 0.3 is 12.2 Å². The van der Waals surface area contributed by atoms with Gasteiger partial charge < -0.3 is 49.2 Å². The Labute approximate surface area is 345 Å². The molecule has 15 heteroatoms. The number of oxime groups is 1.